The number of anilines is 1. The number of aromatic amines is 1. The number of carbonyl (C=O) groups excluding carboxylic acids is 1. The smallest absolute Gasteiger partial charge is 0.264 e. The highest BCUT2D eigenvalue weighted by atomic mass is 16.5. The van der Waals surface area contributed by atoms with Crippen LogP contribution >= 0.6 is 0 Å². The topological polar surface area (TPSA) is 89.1 Å². The molecule has 0 saturated heterocycles. The molecule has 0 saturated carbocycles. The largest absolute Gasteiger partial charge is 0.490 e. The van der Waals surface area contributed by atoms with Crippen LogP contribution in [-0.4, -0.2) is 34.3 Å². The van der Waals surface area contributed by atoms with Gasteiger partial charge >= 0.3 is 0 Å². The molecule has 0 atom stereocenters. The third kappa shape index (κ3) is 3.71. The van der Waals surface area contributed by atoms with Crippen LogP contribution in [0, 0.1) is 6.92 Å². The summed E-state index contributed by atoms with van der Waals surface area (Å²) in [7, 11) is 0. The van der Waals surface area contributed by atoms with Crippen molar-refractivity contribution in [3.05, 3.63) is 30.1 Å². The second kappa shape index (κ2) is 6.55. The molecule has 20 heavy (non-hydrogen) atoms. The first-order valence-electron chi connectivity index (χ1n) is 6.22. The van der Waals surface area contributed by atoms with Gasteiger partial charge in [0.25, 0.3) is 5.91 Å². The highest BCUT2D eigenvalue weighted by Gasteiger charge is 2.09. The van der Waals surface area contributed by atoms with E-state index in [4.69, 9.17) is 9.47 Å². The van der Waals surface area contributed by atoms with Crippen molar-refractivity contribution < 1.29 is 14.3 Å². The van der Waals surface area contributed by atoms with Crippen molar-refractivity contribution in [2.45, 2.75) is 13.8 Å². The van der Waals surface area contributed by atoms with E-state index in [0.717, 1.165) is 0 Å². The molecule has 1 heterocycles. The zero-order valence-corrected chi connectivity index (χ0v) is 11.3. The summed E-state index contributed by atoms with van der Waals surface area (Å²) in [5.74, 6) is 1.65. The normalized spacial score (nSPS) is 10.1. The van der Waals surface area contributed by atoms with Crippen molar-refractivity contribution in [1.29, 1.82) is 0 Å². The summed E-state index contributed by atoms with van der Waals surface area (Å²) < 4.78 is 10.8. The van der Waals surface area contributed by atoms with Gasteiger partial charge in [-0.05, 0) is 26.0 Å². The van der Waals surface area contributed by atoms with Gasteiger partial charge in [-0.15, -0.1) is 5.10 Å². The summed E-state index contributed by atoms with van der Waals surface area (Å²) in [6, 6.07) is 7.19. The number of carbonyl (C=O) groups is 1. The Morgan fingerprint density at radius 3 is 2.60 bits per heavy atom. The molecule has 0 aliphatic carbocycles. The van der Waals surface area contributed by atoms with E-state index in [1.54, 1.807) is 19.1 Å². The van der Waals surface area contributed by atoms with Crippen molar-refractivity contribution in [1.82, 2.24) is 15.2 Å². The monoisotopic (exact) mass is 276 g/mol. The molecule has 7 nitrogen and oxygen atoms in total. The Labute approximate surface area is 116 Å². The number of nitrogens with zero attached hydrogens (tertiary/aromatic N) is 2. The molecule has 1 amide bonds. The maximum atomic E-state index is 11.7. The molecule has 0 spiro atoms. The molecule has 0 radical (unpaired) electrons. The number of aromatic nitrogens is 3. The zero-order valence-electron chi connectivity index (χ0n) is 11.3. The second-order valence-electron chi connectivity index (χ2n) is 3.96. The van der Waals surface area contributed by atoms with Crippen molar-refractivity contribution >= 4 is 11.9 Å². The number of amides is 1. The second-order valence-corrected chi connectivity index (χ2v) is 3.96. The quantitative estimate of drug-likeness (QED) is 0.835. The van der Waals surface area contributed by atoms with E-state index < -0.39 is 0 Å². The first-order chi connectivity index (χ1) is 9.69. The molecule has 0 bridgehead atoms. The average molecular weight is 276 g/mol. The van der Waals surface area contributed by atoms with Crippen LogP contribution in [0.5, 0.6) is 11.5 Å². The zero-order chi connectivity index (χ0) is 14.4. The minimum atomic E-state index is -0.338. The van der Waals surface area contributed by atoms with Crippen molar-refractivity contribution in [2.24, 2.45) is 0 Å². The number of ether oxygens (including phenoxy) is 2. The summed E-state index contributed by atoms with van der Waals surface area (Å²) in [4.78, 5) is 15.7. The molecule has 7 heteroatoms. The highest BCUT2D eigenvalue weighted by Crippen LogP contribution is 2.26. The van der Waals surface area contributed by atoms with Crippen LogP contribution in [0.25, 0.3) is 0 Å². The van der Waals surface area contributed by atoms with Crippen molar-refractivity contribution in [2.75, 3.05) is 18.5 Å². The molecule has 0 unspecified atom stereocenters. The van der Waals surface area contributed by atoms with E-state index in [1.807, 2.05) is 19.1 Å². The summed E-state index contributed by atoms with van der Waals surface area (Å²) in [5.41, 5.74) is 0. The fourth-order valence-corrected chi connectivity index (χ4v) is 1.55. The van der Waals surface area contributed by atoms with Gasteiger partial charge in [-0.3, -0.25) is 15.2 Å². The van der Waals surface area contributed by atoms with Crippen LogP contribution < -0.4 is 14.8 Å². The average Bonchev–Trinajstić information content (AvgIpc) is 2.83. The van der Waals surface area contributed by atoms with E-state index >= 15 is 0 Å². The fraction of sp³-hybridized carbons (Fsp3) is 0.308. The van der Waals surface area contributed by atoms with E-state index in [-0.39, 0.29) is 18.5 Å². The molecule has 2 aromatic rings. The predicted octanol–water partition coefficient (Wildman–Crippen LogP) is 1.53. The van der Waals surface area contributed by atoms with Gasteiger partial charge in [-0.1, -0.05) is 12.1 Å². The molecular weight excluding hydrogens is 260 g/mol. The Hall–Kier alpha value is -2.57. The lowest BCUT2D eigenvalue weighted by molar-refractivity contribution is -0.118. The van der Waals surface area contributed by atoms with Gasteiger partial charge in [-0.2, -0.15) is 4.98 Å². The highest BCUT2D eigenvalue weighted by molar-refractivity contribution is 5.90. The van der Waals surface area contributed by atoms with Crippen LogP contribution in [0.2, 0.25) is 0 Å². The van der Waals surface area contributed by atoms with E-state index in [9.17, 15) is 4.79 Å². The molecule has 2 N–H and O–H groups in total. The number of hydrogen-bond acceptors (Lipinski definition) is 5. The van der Waals surface area contributed by atoms with E-state index in [1.165, 1.54) is 0 Å². The minimum absolute atomic E-state index is 0.141. The lowest BCUT2D eigenvalue weighted by Crippen LogP contribution is -2.21. The molecule has 106 valence electrons. The van der Waals surface area contributed by atoms with E-state index in [0.29, 0.717) is 23.9 Å². The first kappa shape index (κ1) is 13.9. The first-order valence-corrected chi connectivity index (χ1v) is 6.22. The number of aryl methyl sites for hydroxylation is 1. The van der Waals surface area contributed by atoms with E-state index in [2.05, 4.69) is 20.5 Å². The summed E-state index contributed by atoms with van der Waals surface area (Å²) in [6.07, 6.45) is 0. The molecule has 2 rings (SSSR count). The van der Waals surface area contributed by atoms with Crippen LogP contribution in [0.3, 0.4) is 0 Å². The number of hydrogen-bond donors (Lipinski definition) is 2. The van der Waals surface area contributed by atoms with Gasteiger partial charge in [0.2, 0.25) is 5.95 Å². The number of nitrogens with one attached hydrogen (secondary N) is 2. The number of para-hydroxylation sites is 2. The van der Waals surface area contributed by atoms with Gasteiger partial charge < -0.3 is 9.47 Å². The maximum Gasteiger partial charge on any atom is 0.264 e. The summed E-state index contributed by atoms with van der Waals surface area (Å²) >= 11 is 0. The van der Waals surface area contributed by atoms with Gasteiger partial charge in [0.1, 0.15) is 5.82 Å². The van der Waals surface area contributed by atoms with Gasteiger partial charge in [-0.25, -0.2) is 0 Å². The molecule has 0 fully saturated rings. The molecule has 0 aliphatic heterocycles. The number of H-pyrrole nitrogens is 1. The van der Waals surface area contributed by atoms with Crippen LogP contribution in [-0.2, 0) is 4.79 Å². The van der Waals surface area contributed by atoms with Crippen LogP contribution in [0.15, 0.2) is 24.3 Å². The molecule has 0 aliphatic rings. The number of benzene rings is 1. The fourth-order valence-electron chi connectivity index (χ4n) is 1.55. The van der Waals surface area contributed by atoms with Gasteiger partial charge in [0, 0.05) is 0 Å². The Morgan fingerprint density at radius 2 is 2.00 bits per heavy atom. The lowest BCUT2D eigenvalue weighted by atomic mass is 10.3. The van der Waals surface area contributed by atoms with Gasteiger partial charge in [0.15, 0.2) is 18.1 Å². The lowest BCUT2D eigenvalue weighted by Gasteiger charge is -2.10. The maximum absolute atomic E-state index is 11.7. The third-order valence-electron chi connectivity index (χ3n) is 2.36. The Bertz CT molecular complexity index is 583. The van der Waals surface area contributed by atoms with Crippen molar-refractivity contribution in [3.8, 4) is 11.5 Å². The molecular formula is C13H16N4O3. The number of rotatable bonds is 6. The third-order valence-corrected chi connectivity index (χ3v) is 2.36. The summed E-state index contributed by atoms with van der Waals surface area (Å²) in [6.45, 7) is 4.02. The van der Waals surface area contributed by atoms with Crippen molar-refractivity contribution in [3.63, 3.8) is 0 Å². The Balaban J connectivity index is 1.90. The Morgan fingerprint density at radius 1 is 1.30 bits per heavy atom. The standard InChI is InChI=1S/C13H16N4O3/c1-3-19-10-6-4-5-7-11(10)20-8-12(18)15-13-14-9(2)16-17-13/h4-7H,3,8H2,1-2H3,(H2,14,15,16,17,18). The minimum Gasteiger partial charge on any atom is -0.490 e. The molecule has 1 aromatic heterocycles. The van der Waals surface area contributed by atoms with Gasteiger partial charge in [0.05, 0.1) is 6.61 Å². The Kier molecular flexibility index (Phi) is 4.54. The predicted molar refractivity (Wildman–Crippen MR) is 72.9 cm³/mol. The SMILES string of the molecule is CCOc1ccccc1OCC(=O)Nc1n[nH]c(C)n1. The summed E-state index contributed by atoms with van der Waals surface area (Å²) in [5, 5.41) is 8.97. The van der Waals surface area contributed by atoms with Crippen LogP contribution in [0.4, 0.5) is 5.95 Å². The molecule has 1 aromatic carbocycles. The van der Waals surface area contributed by atoms with Crippen LogP contribution in [0.1, 0.15) is 12.7 Å².